The Kier molecular flexibility index (Phi) is 8.36. The van der Waals surface area contributed by atoms with E-state index in [4.69, 9.17) is 0 Å². The van der Waals surface area contributed by atoms with Crippen LogP contribution in [-0.2, 0) is 16.1 Å². The summed E-state index contributed by atoms with van der Waals surface area (Å²) in [5.74, 6) is 0.00439. The van der Waals surface area contributed by atoms with E-state index in [1.807, 2.05) is 69.3 Å². The largest absolute Gasteiger partial charge is 0.325 e. The Hall–Kier alpha value is -2.31. The molecular weight excluding hydrogens is 358 g/mol. The van der Waals surface area contributed by atoms with Crippen molar-refractivity contribution in [2.45, 2.75) is 32.6 Å². The third kappa shape index (κ3) is 7.07. The minimum Gasteiger partial charge on any atom is -0.325 e. The van der Waals surface area contributed by atoms with Gasteiger partial charge in [0.2, 0.25) is 11.8 Å². The predicted octanol–water partition coefficient (Wildman–Crippen LogP) is 3.80. The molecular formula is C21H27N3O2S. The van der Waals surface area contributed by atoms with E-state index in [0.29, 0.717) is 6.54 Å². The van der Waals surface area contributed by atoms with Crippen molar-refractivity contribution in [3.63, 3.8) is 0 Å². The molecule has 0 aliphatic heterocycles. The molecule has 1 unspecified atom stereocenters. The Morgan fingerprint density at radius 3 is 2.44 bits per heavy atom. The van der Waals surface area contributed by atoms with Gasteiger partial charge in [-0.05, 0) is 44.2 Å². The number of aryl methyl sites for hydroxylation is 1. The summed E-state index contributed by atoms with van der Waals surface area (Å²) in [5.41, 5.74) is 3.75. The molecule has 2 aromatic rings. The first-order chi connectivity index (χ1) is 13.0. The molecule has 0 aromatic heterocycles. The van der Waals surface area contributed by atoms with Crippen molar-refractivity contribution >= 4 is 35.0 Å². The standard InChI is InChI=1S/C21H27N3O2S/c1-4-22-13-17-7-5-6-8-19(17)24-21(26)16(3)27-14-20(25)23-18-11-9-15(2)10-12-18/h5-12,16,22H,4,13-14H2,1-3H3,(H,23,25)(H,24,26). The van der Waals surface area contributed by atoms with Gasteiger partial charge in [-0.15, -0.1) is 11.8 Å². The Morgan fingerprint density at radius 1 is 1.04 bits per heavy atom. The molecule has 0 radical (unpaired) electrons. The number of carbonyl (C=O) groups excluding carboxylic acids is 2. The maximum Gasteiger partial charge on any atom is 0.237 e. The number of benzene rings is 2. The van der Waals surface area contributed by atoms with Crippen molar-refractivity contribution in [1.82, 2.24) is 5.32 Å². The Balaban J connectivity index is 1.83. The Bertz CT molecular complexity index is 762. The molecule has 0 fully saturated rings. The van der Waals surface area contributed by atoms with Gasteiger partial charge in [0, 0.05) is 17.9 Å². The molecule has 1 atom stereocenters. The Morgan fingerprint density at radius 2 is 1.74 bits per heavy atom. The maximum absolute atomic E-state index is 12.5. The first-order valence-corrected chi connectivity index (χ1v) is 10.1. The summed E-state index contributed by atoms with van der Waals surface area (Å²) in [5, 5.41) is 8.75. The predicted molar refractivity (Wildman–Crippen MR) is 114 cm³/mol. The van der Waals surface area contributed by atoms with Crippen LogP contribution in [-0.4, -0.2) is 29.4 Å². The van der Waals surface area contributed by atoms with Crippen molar-refractivity contribution in [2.24, 2.45) is 0 Å². The first-order valence-electron chi connectivity index (χ1n) is 9.07. The maximum atomic E-state index is 12.5. The zero-order valence-corrected chi connectivity index (χ0v) is 16.9. The molecule has 5 nitrogen and oxygen atoms in total. The molecule has 0 saturated heterocycles. The third-order valence-corrected chi connectivity index (χ3v) is 5.15. The van der Waals surface area contributed by atoms with Crippen LogP contribution in [0.5, 0.6) is 0 Å². The summed E-state index contributed by atoms with van der Waals surface area (Å²) in [6.45, 7) is 7.42. The average Bonchev–Trinajstić information content (AvgIpc) is 2.67. The van der Waals surface area contributed by atoms with Crippen LogP contribution in [0.25, 0.3) is 0 Å². The Labute approximate surface area is 165 Å². The van der Waals surface area contributed by atoms with E-state index in [0.717, 1.165) is 29.0 Å². The third-order valence-electron chi connectivity index (χ3n) is 4.01. The number of rotatable bonds is 9. The van der Waals surface area contributed by atoms with Gasteiger partial charge < -0.3 is 16.0 Å². The van der Waals surface area contributed by atoms with Crippen molar-refractivity contribution in [1.29, 1.82) is 0 Å². The molecule has 0 heterocycles. The van der Waals surface area contributed by atoms with Crippen LogP contribution in [0.2, 0.25) is 0 Å². The number of anilines is 2. The highest BCUT2D eigenvalue weighted by Gasteiger charge is 2.16. The van der Waals surface area contributed by atoms with Crippen LogP contribution < -0.4 is 16.0 Å². The van der Waals surface area contributed by atoms with Gasteiger partial charge in [-0.25, -0.2) is 0 Å². The van der Waals surface area contributed by atoms with E-state index in [1.165, 1.54) is 11.8 Å². The van der Waals surface area contributed by atoms with Crippen molar-refractivity contribution < 1.29 is 9.59 Å². The van der Waals surface area contributed by atoms with E-state index in [-0.39, 0.29) is 22.8 Å². The van der Waals surface area contributed by atoms with Gasteiger partial charge in [0.25, 0.3) is 0 Å². The number of hydrogen-bond acceptors (Lipinski definition) is 4. The number of carbonyl (C=O) groups is 2. The molecule has 0 aliphatic carbocycles. The lowest BCUT2D eigenvalue weighted by atomic mass is 10.1. The lowest BCUT2D eigenvalue weighted by Crippen LogP contribution is -2.26. The molecule has 3 N–H and O–H groups in total. The molecule has 0 saturated carbocycles. The van der Waals surface area contributed by atoms with Gasteiger partial charge in [0.1, 0.15) is 0 Å². The van der Waals surface area contributed by atoms with E-state index < -0.39 is 0 Å². The minimum atomic E-state index is -0.332. The SMILES string of the molecule is CCNCc1ccccc1NC(=O)C(C)SCC(=O)Nc1ccc(C)cc1. The zero-order valence-electron chi connectivity index (χ0n) is 16.0. The zero-order chi connectivity index (χ0) is 19.6. The fourth-order valence-corrected chi connectivity index (χ4v) is 3.08. The highest BCUT2D eigenvalue weighted by molar-refractivity contribution is 8.01. The summed E-state index contributed by atoms with van der Waals surface area (Å²) >= 11 is 1.32. The lowest BCUT2D eigenvalue weighted by molar-refractivity contribution is -0.115. The summed E-state index contributed by atoms with van der Waals surface area (Å²) in [4.78, 5) is 24.5. The first kappa shape index (κ1) is 21.0. The monoisotopic (exact) mass is 385 g/mol. The second-order valence-corrected chi connectivity index (χ2v) is 7.62. The summed E-state index contributed by atoms with van der Waals surface area (Å²) in [6, 6.07) is 15.4. The number of para-hydroxylation sites is 1. The molecule has 6 heteroatoms. The number of thioether (sulfide) groups is 1. The van der Waals surface area contributed by atoms with Crippen molar-refractivity contribution in [3.8, 4) is 0 Å². The quantitative estimate of drug-likeness (QED) is 0.614. The van der Waals surface area contributed by atoms with E-state index in [9.17, 15) is 9.59 Å². The normalized spacial score (nSPS) is 11.7. The molecule has 2 amide bonds. The van der Waals surface area contributed by atoms with Crippen LogP contribution >= 0.6 is 11.8 Å². The van der Waals surface area contributed by atoms with Crippen LogP contribution in [0.3, 0.4) is 0 Å². The topological polar surface area (TPSA) is 70.2 Å². The smallest absolute Gasteiger partial charge is 0.237 e. The van der Waals surface area contributed by atoms with Crippen molar-refractivity contribution in [2.75, 3.05) is 22.9 Å². The van der Waals surface area contributed by atoms with Crippen LogP contribution in [0.15, 0.2) is 48.5 Å². The molecule has 144 valence electrons. The van der Waals surface area contributed by atoms with Crippen LogP contribution in [0.4, 0.5) is 11.4 Å². The average molecular weight is 386 g/mol. The molecule has 0 bridgehead atoms. The lowest BCUT2D eigenvalue weighted by Gasteiger charge is -2.15. The highest BCUT2D eigenvalue weighted by atomic mass is 32.2. The summed E-state index contributed by atoms with van der Waals surface area (Å²) in [6.07, 6.45) is 0. The van der Waals surface area contributed by atoms with Crippen molar-refractivity contribution in [3.05, 3.63) is 59.7 Å². The van der Waals surface area contributed by atoms with Crippen LogP contribution in [0, 0.1) is 6.92 Å². The molecule has 0 aliphatic rings. The van der Waals surface area contributed by atoms with Gasteiger partial charge in [0.15, 0.2) is 0 Å². The molecule has 2 rings (SSSR count). The summed E-state index contributed by atoms with van der Waals surface area (Å²) in [7, 11) is 0. The highest BCUT2D eigenvalue weighted by Crippen LogP contribution is 2.18. The fraction of sp³-hybridized carbons (Fsp3) is 0.333. The van der Waals surface area contributed by atoms with Gasteiger partial charge in [0.05, 0.1) is 11.0 Å². The minimum absolute atomic E-state index is 0.105. The van der Waals surface area contributed by atoms with E-state index in [2.05, 4.69) is 16.0 Å². The molecule has 27 heavy (non-hydrogen) atoms. The van der Waals surface area contributed by atoms with Crippen LogP contribution in [0.1, 0.15) is 25.0 Å². The molecule has 2 aromatic carbocycles. The van der Waals surface area contributed by atoms with E-state index >= 15 is 0 Å². The fourth-order valence-electron chi connectivity index (χ4n) is 2.40. The van der Waals surface area contributed by atoms with Gasteiger partial charge >= 0.3 is 0 Å². The second kappa shape index (κ2) is 10.7. The summed E-state index contributed by atoms with van der Waals surface area (Å²) < 4.78 is 0. The van der Waals surface area contributed by atoms with E-state index in [1.54, 1.807) is 0 Å². The molecule has 0 spiro atoms. The van der Waals surface area contributed by atoms with Gasteiger partial charge in [-0.3, -0.25) is 9.59 Å². The second-order valence-electron chi connectivity index (χ2n) is 6.29. The number of nitrogens with one attached hydrogen (secondary N) is 3. The van der Waals surface area contributed by atoms with Gasteiger partial charge in [-0.1, -0.05) is 42.8 Å². The number of amides is 2. The number of hydrogen-bond donors (Lipinski definition) is 3. The van der Waals surface area contributed by atoms with Gasteiger partial charge in [-0.2, -0.15) is 0 Å².